The molecule has 1 aromatic heterocycles. The Labute approximate surface area is 184 Å². The number of carbonyl (C=O) groups is 1. The van der Waals surface area contributed by atoms with E-state index in [1.807, 2.05) is 6.07 Å². The third-order valence-corrected chi connectivity index (χ3v) is 7.40. The maximum atomic E-state index is 13.8. The van der Waals surface area contributed by atoms with Gasteiger partial charge in [0, 0.05) is 17.9 Å². The predicted molar refractivity (Wildman–Crippen MR) is 120 cm³/mol. The summed E-state index contributed by atoms with van der Waals surface area (Å²) in [6, 6.07) is 4.97. The molecule has 0 atom stereocenters. The van der Waals surface area contributed by atoms with Gasteiger partial charge >= 0.3 is 0 Å². The van der Waals surface area contributed by atoms with Crippen LogP contribution in [0.1, 0.15) is 93.5 Å². The van der Waals surface area contributed by atoms with Gasteiger partial charge in [-0.3, -0.25) is 4.79 Å². The van der Waals surface area contributed by atoms with Gasteiger partial charge in [-0.15, -0.1) is 0 Å². The number of carbonyl (C=O) groups excluding carboxylic acids is 1. The molecule has 0 aliphatic heterocycles. The van der Waals surface area contributed by atoms with Crippen molar-refractivity contribution in [3.8, 4) is 11.3 Å². The number of amides is 1. The Morgan fingerprint density at radius 3 is 2.48 bits per heavy atom. The fourth-order valence-corrected chi connectivity index (χ4v) is 5.72. The smallest absolute Gasteiger partial charge is 0.225 e. The zero-order valence-electron chi connectivity index (χ0n) is 18.3. The molecule has 4 nitrogen and oxygen atoms in total. The van der Waals surface area contributed by atoms with Crippen LogP contribution in [0, 0.1) is 11.7 Å². The molecule has 2 aromatic rings. The summed E-state index contributed by atoms with van der Waals surface area (Å²) in [7, 11) is 0. The lowest BCUT2D eigenvalue weighted by atomic mass is 9.85. The summed E-state index contributed by atoms with van der Waals surface area (Å²) < 4.78 is 13.8. The highest BCUT2D eigenvalue weighted by atomic mass is 19.1. The molecule has 0 saturated heterocycles. The molecular formula is C26H32FN3O. The minimum Gasteiger partial charge on any atom is -0.309 e. The second-order valence-electron chi connectivity index (χ2n) is 9.65. The van der Waals surface area contributed by atoms with E-state index in [4.69, 9.17) is 9.97 Å². The van der Waals surface area contributed by atoms with Gasteiger partial charge in [0.15, 0.2) is 5.82 Å². The minimum atomic E-state index is -0.200. The van der Waals surface area contributed by atoms with Crippen molar-refractivity contribution in [3.63, 3.8) is 0 Å². The molecule has 3 aliphatic rings. The highest BCUT2D eigenvalue weighted by molar-refractivity contribution is 5.90. The fraction of sp³-hybridized carbons (Fsp3) is 0.577. The maximum absolute atomic E-state index is 13.8. The molecular weight excluding hydrogens is 389 g/mol. The van der Waals surface area contributed by atoms with E-state index >= 15 is 0 Å². The van der Waals surface area contributed by atoms with E-state index < -0.39 is 0 Å². The molecule has 1 heterocycles. The second kappa shape index (κ2) is 9.05. The van der Waals surface area contributed by atoms with Crippen LogP contribution in [-0.4, -0.2) is 15.9 Å². The maximum Gasteiger partial charge on any atom is 0.225 e. The Kier molecular flexibility index (Phi) is 6.02. The van der Waals surface area contributed by atoms with Gasteiger partial charge in [0.1, 0.15) is 5.82 Å². The Morgan fingerprint density at radius 2 is 1.71 bits per heavy atom. The number of nitrogens with one attached hydrogen (secondary N) is 1. The van der Waals surface area contributed by atoms with E-state index in [0.29, 0.717) is 24.1 Å². The first-order valence-electron chi connectivity index (χ1n) is 12.2. The molecule has 3 aliphatic carbocycles. The van der Waals surface area contributed by atoms with Crippen molar-refractivity contribution in [1.29, 1.82) is 0 Å². The predicted octanol–water partition coefficient (Wildman–Crippen LogP) is 6.34. The first-order chi connectivity index (χ1) is 15.2. The van der Waals surface area contributed by atoms with E-state index in [-0.39, 0.29) is 11.7 Å². The van der Waals surface area contributed by atoms with Crippen LogP contribution in [0.5, 0.6) is 0 Å². The Morgan fingerprint density at radius 1 is 0.968 bits per heavy atom. The van der Waals surface area contributed by atoms with E-state index in [0.717, 1.165) is 66.7 Å². The van der Waals surface area contributed by atoms with Crippen LogP contribution in [-0.2, 0) is 17.6 Å². The zero-order chi connectivity index (χ0) is 21.2. The number of aryl methyl sites for hydroxylation is 2. The normalized spacial score (nSPS) is 19.5. The number of aromatic nitrogens is 2. The van der Waals surface area contributed by atoms with Gasteiger partial charge in [-0.25, -0.2) is 14.4 Å². The molecule has 0 radical (unpaired) electrons. The molecule has 31 heavy (non-hydrogen) atoms. The summed E-state index contributed by atoms with van der Waals surface area (Å²) in [5.74, 6) is 1.39. The van der Waals surface area contributed by atoms with Gasteiger partial charge in [0.2, 0.25) is 5.91 Å². The number of hydrogen-bond donors (Lipinski definition) is 1. The van der Waals surface area contributed by atoms with Crippen molar-refractivity contribution in [3.05, 3.63) is 41.0 Å². The lowest BCUT2D eigenvalue weighted by Crippen LogP contribution is -2.22. The molecule has 1 amide bonds. The molecule has 0 bridgehead atoms. The SMILES string of the molecule is O=C(CC1CCCCC1)Nc1nc2c(nc1C1CCCCC1)-c1ccc(F)cc1CC2. The molecule has 5 heteroatoms. The number of anilines is 1. The molecule has 164 valence electrons. The van der Waals surface area contributed by atoms with Crippen molar-refractivity contribution < 1.29 is 9.18 Å². The summed E-state index contributed by atoms with van der Waals surface area (Å²) in [5, 5.41) is 3.17. The lowest BCUT2D eigenvalue weighted by molar-refractivity contribution is -0.117. The number of benzene rings is 1. The third-order valence-electron chi connectivity index (χ3n) is 7.40. The third kappa shape index (κ3) is 4.51. The van der Waals surface area contributed by atoms with Crippen LogP contribution < -0.4 is 5.32 Å². The highest BCUT2D eigenvalue weighted by Crippen LogP contribution is 2.39. The highest BCUT2D eigenvalue weighted by Gasteiger charge is 2.28. The first-order valence-corrected chi connectivity index (χ1v) is 12.2. The Balaban J connectivity index is 1.46. The Bertz CT molecular complexity index is 961. The number of fused-ring (bicyclic) bond motifs is 3. The average Bonchev–Trinajstić information content (AvgIpc) is 2.79. The molecule has 5 rings (SSSR count). The summed E-state index contributed by atoms with van der Waals surface area (Å²) >= 11 is 0. The van der Waals surface area contributed by atoms with Crippen LogP contribution in [0.3, 0.4) is 0 Å². The second-order valence-corrected chi connectivity index (χ2v) is 9.65. The summed E-state index contributed by atoms with van der Waals surface area (Å²) in [4.78, 5) is 23.0. The number of nitrogens with zero attached hydrogens (tertiary/aromatic N) is 2. The van der Waals surface area contributed by atoms with E-state index in [9.17, 15) is 9.18 Å². The zero-order valence-corrected chi connectivity index (χ0v) is 18.3. The summed E-state index contributed by atoms with van der Waals surface area (Å²) in [5.41, 5.74) is 4.74. The Hall–Kier alpha value is -2.30. The molecule has 2 saturated carbocycles. The molecule has 1 N–H and O–H groups in total. The van der Waals surface area contributed by atoms with Gasteiger partial charge in [0.05, 0.1) is 17.1 Å². The molecule has 2 fully saturated rings. The van der Waals surface area contributed by atoms with Crippen molar-refractivity contribution in [1.82, 2.24) is 9.97 Å². The molecule has 1 aromatic carbocycles. The quantitative estimate of drug-likeness (QED) is 0.627. The van der Waals surface area contributed by atoms with Crippen LogP contribution >= 0.6 is 0 Å². The van der Waals surface area contributed by atoms with Gasteiger partial charge in [-0.05, 0) is 68.2 Å². The largest absolute Gasteiger partial charge is 0.309 e. The van der Waals surface area contributed by atoms with Crippen LogP contribution in [0.15, 0.2) is 18.2 Å². The number of rotatable bonds is 4. The van der Waals surface area contributed by atoms with E-state index in [2.05, 4.69) is 5.32 Å². The van der Waals surface area contributed by atoms with Crippen LogP contribution in [0.4, 0.5) is 10.2 Å². The van der Waals surface area contributed by atoms with E-state index in [1.54, 1.807) is 6.07 Å². The van der Waals surface area contributed by atoms with Crippen molar-refractivity contribution in [2.45, 2.75) is 89.4 Å². The van der Waals surface area contributed by atoms with Gasteiger partial charge in [-0.1, -0.05) is 38.5 Å². The molecule has 0 spiro atoms. The lowest BCUT2D eigenvalue weighted by Gasteiger charge is -2.27. The number of hydrogen-bond acceptors (Lipinski definition) is 3. The van der Waals surface area contributed by atoms with Crippen molar-refractivity contribution >= 4 is 11.7 Å². The fourth-order valence-electron chi connectivity index (χ4n) is 5.72. The van der Waals surface area contributed by atoms with Crippen LogP contribution in [0.25, 0.3) is 11.3 Å². The topological polar surface area (TPSA) is 54.9 Å². The van der Waals surface area contributed by atoms with E-state index in [1.165, 1.54) is 44.6 Å². The average molecular weight is 422 g/mol. The summed E-state index contributed by atoms with van der Waals surface area (Å²) in [6.45, 7) is 0. The van der Waals surface area contributed by atoms with Crippen molar-refractivity contribution in [2.75, 3.05) is 5.32 Å². The van der Waals surface area contributed by atoms with Gasteiger partial charge < -0.3 is 5.32 Å². The summed E-state index contributed by atoms with van der Waals surface area (Å²) in [6.07, 6.45) is 14.0. The first kappa shape index (κ1) is 20.6. The monoisotopic (exact) mass is 421 g/mol. The van der Waals surface area contributed by atoms with Crippen molar-refractivity contribution in [2.24, 2.45) is 5.92 Å². The standard InChI is InChI=1S/C26H32FN3O/c27-20-12-13-21-19(16-20)11-14-22-25(21)30-24(18-9-5-2-6-10-18)26(28-22)29-23(31)15-17-7-3-1-4-8-17/h12-13,16-18H,1-11,14-15H2,(H,28,29,31). The van der Waals surface area contributed by atoms with Gasteiger partial charge in [0.25, 0.3) is 0 Å². The number of halogens is 1. The van der Waals surface area contributed by atoms with Gasteiger partial charge in [-0.2, -0.15) is 0 Å². The molecule has 0 unspecified atom stereocenters. The minimum absolute atomic E-state index is 0.0801. The van der Waals surface area contributed by atoms with Crippen LogP contribution in [0.2, 0.25) is 0 Å².